The lowest BCUT2D eigenvalue weighted by Crippen LogP contribution is -2.12. The van der Waals surface area contributed by atoms with Crippen LogP contribution in [0, 0.1) is 0 Å². The van der Waals surface area contributed by atoms with E-state index in [4.69, 9.17) is 32.2 Å². The van der Waals surface area contributed by atoms with Crippen molar-refractivity contribution in [2.24, 2.45) is 0 Å². The molecule has 0 aliphatic carbocycles. The molecule has 0 saturated heterocycles. The molecule has 1 N–H and O–H groups in total. The molecule has 0 spiro atoms. The van der Waals surface area contributed by atoms with E-state index in [9.17, 15) is 9.36 Å². The quantitative estimate of drug-likeness (QED) is 0.422. The number of nitrogens with one attached hydrogen (secondary N) is 1. The summed E-state index contributed by atoms with van der Waals surface area (Å²) in [6.07, 6.45) is 0.832. The molecule has 0 radical (unpaired) electrons. The normalized spacial score (nSPS) is 13.0. The Hall–Kier alpha value is -1.17. The van der Waals surface area contributed by atoms with Gasteiger partial charge in [0.1, 0.15) is 0 Å². The molecule has 146 valence electrons. The number of anilines is 1. The van der Waals surface area contributed by atoms with Crippen molar-refractivity contribution < 1.29 is 18.4 Å². The molecule has 2 aromatic rings. The molecule has 0 aromatic heterocycles. The van der Waals surface area contributed by atoms with Crippen molar-refractivity contribution in [2.75, 3.05) is 17.7 Å². The molecule has 1 amide bonds. The molecule has 9 heteroatoms. The fraction of sp³-hybridized carbons (Fsp3) is 0.278. The van der Waals surface area contributed by atoms with Gasteiger partial charge >= 0.3 is 6.80 Å². The van der Waals surface area contributed by atoms with Gasteiger partial charge in [0, 0.05) is 21.4 Å². The number of benzene rings is 2. The molecule has 0 fully saturated rings. The van der Waals surface area contributed by atoms with E-state index in [0.29, 0.717) is 27.0 Å². The second kappa shape index (κ2) is 10.4. The largest absolute Gasteiger partial charge is 0.440 e. The number of rotatable bonds is 9. The van der Waals surface area contributed by atoms with Crippen molar-refractivity contribution in [3.05, 3.63) is 58.1 Å². The number of carbonyl (C=O) groups is 1. The van der Waals surface area contributed by atoms with E-state index in [1.54, 1.807) is 37.3 Å². The molecule has 1 atom stereocenters. The lowest BCUT2D eigenvalue weighted by Gasteiger charge is -2.19. The second-order valence-corrected chi connectivity index (χ2v) is 10.4. The van der Waals surface area contributed by atoms with Crippen LogP contribution in [0.15, 0.2) is 42.5 Å². The Balaban J connectivity index is 2.24. The summed E-state index contributed by atoms with van der Waals surface area (Å²) in [5.74, 6) is 0.481. The summed E-state index contributed by atoms with van der Waals surface area (Å²) in [5, 5.41) is 3.45. The van der Waals surface area contributed by atoms with Crippen molar-refractivity contribution in [3.8, 4) is 5.75 Å². The summed E-state index contributed by atoms with van der Waals surface area (Å²) >= 11 is 13.0. The fourth-order valence-corrected chi connectivity index (χ4v) is 6.09. The Kier molecular flexibility index (Phi) is 8.52. The summed E-state index contributed by atoms with van der Waals surface area (Å²) in [4.78, 5) is 12.5. The number of amides is 1. The third-order valence-electron chi connectivity index (χ3n) is 3.21. The smallest absolute Gasteiger partial charge is 0.415 e. The third-order valence-corrected chi connectivity index (χ3v) is 7.59. The van der Waals surface area contributed by atoms with Gasteiger partial charge in [0.15, 0.2) is 5.75 Å². The molecule has 0 aliphatic rings. The average Bonchev–Trinajstić information content (AvgIpc) is 2.61. The first-order valence-electron chi connectivity index (χ1n) is 8.32. The predicted octanol–water partition coefficient (Wildman–Crippen LogP) is 6.91. The molecule has 2 rings (SSSR count). The molecule has 27 heavy (non-hydrogen) atoms. The highest BCUT2D eigenvalue weighted by Gasteiger charge is 2.27. The van der Waals surface area contributed by atoms with E-state index in [0.717, 1.165) is 17.8 Å². The highest BCUT2D eigenvalue weighted by atomic mass is 35.5. The first kappa shape index (κ1) is 22.1. The maximum atomic E-state index is 12.9. The minimum atomic E-state index is -3.39. The van der Waals surface area contributed by atoms with Crippen LogP contribution in [0.3, 0.4) is 0 Å². The summed E-state index contributed by atoms with van der Waals surface area (Å²) in [6, 6.07) is 11.3. The Morgan fingerprint density at radius 2 is 1.81 bits per heavy atom. The van der Waals surface area contributed by atoms with Crippen molar-refractivity contribution in [1.29, 1.82) is 0 Å². The van der Waals surface area contributed by atoms with Crippen molar-refractivity contribution in [3.63, 3.8) is 0 Å². The number of halogens is 2. The molecule has 1 unspecified atom stereocenters. The highest BCUT2D eigenvalue weighted by molar-refractivity contribution is 8.55. The van der Waals surface area contributed by atoms with Gasteiger partial charge in [-0.25, -0.2) is 4.57 Å². The lowest BCUT2D eigenvalue weighted by molar-refractivity contribution is 0.102. The van der Waals surface area contributed by atoms with Gasteiger partial charge in [0.2, 0.25) is 0 Å². The maximum Gasteiger partial charge on any atom is 0.440 e. The average molecular weight is 448 g/mol. The number of hydrogen-bond acceptors (Lipinski definition) is 5. The highest BCUT2D eigenvalue weighted by Crippen LogP contribution is 2.60. The molecule has 2 aromatic carbocycles. The molecule has 0 heterocycles. The van der Waals surface area contributed by atoms with Crippen molar-refractivity contribution in [1.82, 2.24) is 0 Å². The van der Waals surface area contributed by atoms with Crippen LogP contribution in [0.5, 0.6) is 5.75 Å². The zero-order valence-corrected chi connectivity index (χ0v) is 18.1. The van der Waals surface area contributed by atoms with Crippen LogP contribution in [0.2, 0.25) is 10.0 Å². The summed E-state index contributed by atoms with van der Waals surface area (Å²) < 4.78 is 24.0. The van der Waals surface area contributed by atoms with Crippen LogP contribution >= 0.6 is 41.4 Å². The number of para-hydroxylation sites is 2. The van der Waals surface area contributed by atoms with E-state index in [2.05, 4.69) is 5.32 Å². The minimum Gasteiger partial charge on any atom is -0.415 e. The van der Waals surface area contributed by atoms with E-state index >= 15 is 0 Å². The fourth-order valence-electron chi connectivity index (χ4n) is 2.10. The first-order chi connectivity index (χ1) is 12.9. The Morgan fingerprint density at radius 3 is 2.44 bits per heavy atom. The van der Waals surface area contributed by atoms with Crippen molar-refractivity contribution >= 4 is 53.0 Å². The van der Waals surface area contributed by atoms with Crippen LogP contribution in [-0.4, -0.2) is 18.3 Å². The van der Waals surface area contributed by atoms with Gasteiger partial charge in [0.25, 0.3) is 5.91 Å². The van der Waals surface area contributed by atoms with Gasteiger partial charge in [-0.05, 0) is 55.1 Å². The molecular weight excluding hydrogens is 428 g/mol. The SMILES string of the molecule is CCCSP(=O)(OCC)Oc1ccccc1NC(=O)c1cc(Cl)cc(Cl)c1. The van der Waals surface area contributed by atoms with E-state index in [-0.39, 0.29) is 12.4 Å². The summed E-state index contributed by atoms with van der Waals surface area (Å²) in [6.45, 7) is 0.590. The zero-order valence-electron chi connectivity index (χ0n) is 14.9. The van der Waals surface area contributed by atoms with Gasteiger partial charge in [-0.15, -0.1) is 0 Å². The third kappa shape index (κ3) is 6.74. The van der Waals surface area contributed by atoms with Crippen molar-refractivity contribution in [2.45, 2.75) is 20.3 Å². The van der Waals surface area contributed by atoms with E-state index in [1.165, 1.54) is 12.1 Å². The van der Waals surface area contributed by atoms with E-state index < -0.39 is 12.7 Å². The van der Waals surface area contributed by atoms with Gasteiger partial charge in [0.05, 0.1) is 12.3 Å². The Morgan fingerprint density at radius 1 is 1.15 bits per heavy atom. The van der Waals surface area contributed by atoms with Crippen LogP contribution in [-0.2, 0) is 9.09 Å². The topological polar surface area (TPSA) is 64.6 Å². The first-order valence-corrected chi connectivity index (χ1v) is 12.2. The van der Waals surface area contributed by atoms with Crippen LogP contribution < -0.4 is 9.84 Å². The predicted molar refractivity (Wildman–Crippen MR) is 113 cm³/mol. The van der Waals surface area contributed by atoms with Gasteiger partial charge in [-0.2, -0.15) is 0 Å². The standard InChI is InChI=1S/C18H20Cl2NO4PS/c1-3-9-27-26(23,24-4-2)25-17-8-6-5-7-16(17)21-18(22)13-10-14(19)12-15(20)11-13/h5-8,10-12H,3-4,9H2,1-2H3,(H,21,22). The zero-order chi connectivity index (χ0) is 19.9. The Labute approximate surface area is 173 Å². The second-order valence-electron chi connectivity index (χ2n) is 5.40. The van der Waals surface area contributed by atoms with E-state index in [1.807, 2.05) is 6.92 Å². The van der Waals surface area contributed by atoms with Crippen LogP contribution in [0.4, 0.5) is 5.69 Å². The molecule has 5 nitrogen and oxygen atoms in total. The minimum absolute atomic E-state index is 0.254. The molecule has 0 aliphatic heterocycles. The molecular formula is C18H20Cl2NO4PS. The molecule has 0 saturated carbocycles. The van der Waals surface area contributed by atoms with Gasteiger partial charge < -0.3 is 9.84 Å². The van der Waals surface area contributed by atoms with Crippen LogP contribution in [0.25, 0.3) is 0 Å². The molecule has 0 bridgehead atoms. The van der Waals surface area contributed by atoms with Crippen LogP contribution in [0.1, 0.15) is 30.6 Å². The van der Waals surface area contributed by atoms with Gasteiger partial charge in [-0.3, -0.25) is 9.32 Å². The number of hydrogen-bond donors (Lipinski definition) is 1. The lowest BCUT2D eigenvalue weighted by atomic mass is 10.2. The Bertz CT molecular complexity index is 830. The number of carbonyl (C=O) groups excluding carboxylic acids is 1. The maximum absolute atomic E-state index is 12.9. The van der Waals surface area contributed by atoms with Gasteiger partial charge in [-0.1, -0.05) is 42.3 Å². The summed E-state index contributed by atoms with van der Waals surface area (Å²) in [7, 11) is 0. The monoisotopic (exact) mass is 447 g/mol. The summed E-state index contributed by atoms with van der Waals surface area (Å²) in [5.41, 5.74) is 0.672.